The van der Waals surface area contributed by atoms with Gasteiger partial charge in [-0.3, -0.25) is 96.9 Å². The minimum atomic E-state index is -4.64. The van der Waals surface area contributed by atoms with Crippen LogP contribution in [0.3, 0.4) is 0 Å². The number of hydrogen-bond acceptors (Lipinski definition) is 39. The average molecular weight is 2680 g/mol. The number of aromatic hydroxyl groups is 4. The standard InChI is InChI=1S/C18H19BrFNO5S.C15H10BrFN4O5S2.C13H8BrClFNO5S.C13H9BrFNO6S.C12H9BrFNO3S.C6H11BrO2.C2HF3O.C2H3N3S.CH4.Cl2OS.Na.H/c1-9-11(25-8-13(22)26-18(2,3)4)6-10(14(19)15(9)20)7-12-16(23)21(5)17(24)27-12;1-21-13(24)8(28-15(21)25)3-6-2-7(12(23)11(17)10(6)16)26-4-9(22)19-14-20-18-5-27-14;1-17-12(20)7(23-13(17)21)3-5-2-6(22-4-8(15)18)11(19)10(16)9(5)14;1-16-12(20)7(23-13(16)21)3-5-2-6(22-4-8(17)18)11(19)10(15)9(5)14;1-5-7(16)3-6(9(13)10(5)14)4-8-11(17)15(2)12(18)19-8;1-6(2,3)9-5(8)4-7;3-2(4,5)1-6;3-2-5-4-1-6-2;;1-4(2)3;;/h6-7H,8H2,1-5H3;2-3,5,23H,4H2,1H3,(H,19,20,22);2-3,19H,4H2,1H3;2-3,19H,4H2,1H3,(H,17,18);3-4,16H,1-2H3;4H2,1-3H3;1H;1H,(H2,3,5);1H4;;;/q;;;;;;;;;;+1;-1/b12-7-;8-3-;2*7-3-;8-4-;;;;;;;. The Kier molecular flexibility index (Phi) is 55.7. The van der Waals surface area contributed by atoms with Crippen molar-refractivity contribution in [2.24, 2.45) is 0 Å². The first-order valence-electron chi connectivity index (χ1n) is 38.2. The minimum absolute atomic E-state index is 0. The van der Waals surface area contributed by atoms with Crippen molar-refractivity contribution in [3.05, 3.63) is 156 Å². The normalized spacial score (nSPS) is 15.0. The number of nitrogen functional groups attached to an aromatic ring is 1. The van der Waals surface area contributed by atoms with Crippen molar-refractivity contribution < 1.29 is 201 Å². The van der Waals surface area contributed by atoms with Gasteiger partial charge in [-0.25, -0.2) is 35.8 Å². The van der Waals surface area contributed by atoms with E-state index in [2.05, 4.69) is 143 Å². The van der Waals surface area contributed by atoms with Crippen molar-refractivity contribution in [3.63, 3.8) is 0 Å². The van der Waals surface area contributed by atoms with E-state index >= 15 is 0 Å². The van der Waals surface area contributed by atoms with Crippen LogP contribution in [0, 0.1) is 42.9 Å². The maximum absolute atomic E-state index is 14.5. The number of carboxylic acids is 1. The van der Waals surface area contributed by atoms with Gasteiger partial charge in [-0.1, -0.05) is 46.0 Å². The molecule has 0 atom stereocenters. The Morgan fingerprint density at radius 3 is 1.01 bits per heavy atom. The molecule has 5 aliphatic rings. The van der Waals surface area contributed by atoms with Crippen LogP contribution in [0.1, 0.15) is 89.3 Å². The molecule has 7 aromatic rings. The van der Waals surface area contributed by atoms with Gasteiger partial charge in [0.2, 0.25) is 25.8 Å². The summed E-state index contributed by atoms with van der Waals surface area (Å²) in [5.74, 6) is -13.1. The Morgan fingerprint density at radius 2 is 0.762 bits per heavy atom. The fourth-order valence-corrected chi connectivity index (χ4v) is 16.9. The number of amides is 11. The number of benzene rings is 5. The number of aromatic nitrogens is 4. The van der Waals surface area contributed by atoms with Crippen molar-refractivity contribution in [2.45, 2.75) is 80.2 Å². The van der Waals surface area contributed by atoms with Gasteiger partial charge < -0.3 is 61.1 Å². The summed E-state index contributed by atoms with van der Waals surface area (Å²) in [5, 5.41) is 62.0. The summed E-state index contributed by atoms with van der Waals surface area (Å²) in [7, 11) is 14.1. The number of halogens is 17. The van der Waals surface area contributed by atoms with Crippen molar-refractivity contribution >= 4 is 351 Å². The number of aldehydes is 1. The molecule has 5 fully saturated rings. The van der Waals surface area contributed by atoms with Crippen molar-refractivity contribution in [2.75, 3.05) is 78.0 Å². The number of likely N-dealkylation sites (N-methyl/N-ethyl adjacent to an activating group) is 5. The van der Waals surface area contributed by atoms with E-state index in [0.29, 0.717) is 51.5 Å². The van der Waals surface area contributed by atoms with E-state index in [1.807, 2.05) is 20.8 Å². The number of nitrogens with two attached hydrogens (primary N) is 1. The van der Waals surface area contributed by atoms with Gasteiger partial charge in [0.05, 0.1) is 46.9 Å². The number of esters is 2. The number of ether oxygens (including phenoxy) is 6. The molecule has 8 N–H and O–H groups in total. The minimum Gasteiger partial charge on any atom is -1.00 e. The van der Waals surface area contributed by atoms with Gasteiger partial charge in [0.15, 0.2) is 78.4 Å². The number of rotatable bonds is 19. The van der Waals surface area contributed by atoms with E-state index in [1.165, 1.54) is 121 Å². The monoisotopic (exact) mass is 2670 g/mol. The van der Waals surface area contributed by atoms with E-state index < -0.39 is 173 Å². The number of carbonyl (C=O) groups is 16. The fraction of sp³-hybridized carbons (Fsp3) is 0.268. The van der Waals surface area contributed by atoms with E-state index in [1.54, 1.807) is 26.3 Å². The van der Waals surface area contributed by atoms with Crippen molar-refractivity contribution in [1.29, 1.82) is 0 Å². The predicted molar refractivity (Wildman–Crippen MR) is 554 cm³/mol. The summed E-state index contributed by atoms with van der Waals surface area (Å²) in [5.41, 5.74) is 8.47. The molecule has 12 rings (SSSR count). The predicted octanol–water partition coefficient (Wildman–Crippen LogP) is 17.3. The third-order valence-corrected chi connectivity index (χ3v) is 26.8. The summed E-state index contributed by atoms with van der Waals surface area (Å²) in [4.78, 5) is 186. The molecule has 0 aliphatic carbocycles. The van der Waals surface area contributed by atoms with Gasteiger partial charge in [-0.15, -0.1) is 20.4 Å². The summed E-state index contributed by atoms with van der Waals surface area (Å²) < 4.78 is 141. The van der Waals surface area contributed by atoms with Gasteiger partial charge in [-0.05, 0) is 294 Å². The van der Waals surface area contributed by atoms with Crippen LogP contribution in [-0.2, 0) is 71.4 Å². The van der Waals surface area contributed by atoms with Crippen LogP contribution in [0.15, 0.2) is 88.2 Å². The van der Waals surface area contributed by atoms with E-state index in [4.69, 9.17) is 59.9 Å². The number of phenols is 4. The van der Waals surface area contributed by atoms with Crippen LogP contribution < -0.4 is 59.6 Å². The summed E-state index contributed by atoms with van der Waals surface area (Å²) in [6.45, 7) is 11.4. The third-order valence-electron chi connectivity index (χ3n) is 16.2. The van der Waals surface area contributed by atoms with Crippen LogP contribution in [0.2, 0.25) is 0 Å². The zero-order valence-corrected chi connectivity index (χ0v) is 96.8. The van der Waals surface area contributed by atoms with E-state index in [-0.39, 0.29) is 170 Å². The van der Waals surface area contributed by atoms with Crippen LogP contribution in [0.25, 0.3) is 30.4 Å². The van der Waals surface area contributed by atoms with Crippen LogP contribution >= 0.6 is 210 Å². The number of imide groups is 5. The molecule has 147 heavy (non-hydrogen) atoms. The number of hydrogen-bond donors (Lipinski definition) is 7. The second-order valence-corrected chi connectivity index (χ2v) is 43.2. The van der Waals surface area contributed by atoms with Gasteiger partial charge >= 0.3 is 53.6 Å². The van der Waals surface area contributed by atoms with Crippen LogP contribution in [0.4, 0.5) is 69.4 Å². The number of carbonyl (C=O) groups excluding carboxylic acids is 15. The molecular formula is C82H75Br6Cl3F8N11NaO28S8. The molecule has 5 aliphatic heterocycles. The maximum atomic E-state index is 14.5. The molecule has 2 aromatic heterocycles. The zero-order valence-electron chi connectivity index (χ0n) is 77.5. The molecule has 0 unspecified atom stereocenters. The Labute approximate surface area is 947 Å². The Morgan fingerprint density at radius 1 is 0.483 bits per heavy atom. The second kappa shape index (κ2) is 61.0. The first-order valence-corrected chi connectivity index (χ1v) is 52.3. The smallest absolute Gasteiger partial charge is 1.00 e. The fourth-order valence-electron chi connectivity index (χ4n) is 9.57. The first kappa shape index (κ1) is 134. The molecule has 65 heteroatoms. The maximum Gasteiger partial charge on any atom is 1.00 e. The zero-order chi connectivity index (χ0) is 111. The number of alkyl halides is 4. The molecule has 0 radical (unpaired) electrons. The van der Waals surface area contributed by atoms with Gasteiger partial charge in [-0.2, -0.15) is 13.2 Å². The quantitative estimate of drug-likeness (QED) is 0.00752. The largest absolute Gasteiger partial charge is 1.00 e. The molecule has 0 spiro atoms. The summed E-state index contributed by atoms with van der Waals surface area (Å²) in [6, 6.07) is 6.45. The first-order chi connectivity index (χ1) is 67.1. The Bertz CT molecular complexity index is 6310. The second-order valence-electron chi connectivity index (χ2n) is 29.1. The molecule has 0 bridgehead atoms. The SMILES string of the molecule is C.CC(C)(C)OC(=O)CBr.CN1C(=O)S/C(=C\c2cc(OCC(=O)Cl)c(O)c(F)c2Br)C1=O.CN1C(=O)S/C(=C\c2cc(OCC(=O)Nc3nncs3)c(O)c(F)c2Br)C1=O.CN1C(=O)S/C(=C\c2cc(OCC(=O)O)c(O)c(F)c2Br)C1=O.Cc1c(O)cc(/C=C2\SC(=O)N(C)C2=O)c(Br)c1F.Cc1c(OCC(=O)OC(C)(C)C)cc(/C=C2\SC(=O)N(C)C2=O)c(Br)c1F.Nc1nncs1.O=CC(F)(F)F.O=S(Cl)Cl.[H-].[Na+]. The third kappa shape index (κ3) is 42.0. The molecule has 5 aromatic carbocycles. The molecule has 794 valence electrons. The van der Waals surface area contributed by atoms with Gasteiger partial charge in [0.1, 0.15) is 50.7 Å². The van der Waals surface area contributed by atoms with E-state index in [9.17, 15) is 127 Å². The summed E-state index contributed by atoms with van der Waals surface area (Å²) >= 11 is 29.3. The number of nitrogens with zero attached hydrogens (tertiary/aromatic N) is 9. The van der Waals surface area contributed by atoms with Gasteiger partial charge in [0, 0.05) is 67.7 Å². The number of phenolic OH excluding ortho intramolecular Hbond substituents is 4. The average Bonchev–Trinajstić information content (AvgIpc) is 1.57. The topological polar surface area (TPSA) is 553 Å². The molecule has 5 saturated heterocycles. The number of aliphatic carboxylic acids is 1. The number of nitrogens with one attached hydrogen (secondary N) is 1. The molecule has 11 amide bonds. The molecule has 39 nitrogen and oxygen atoms in total. The van der Waals surface area contributed by atoms with Gasteiger partial charge in [0.25, 0.3) is 66.9 Å². The number of carboxylic acid groups (broad SMARTS) is 1. The van der Waals surface area contributed by atoms with E-state index in [0.717, 1.165) is 65.4 Å². The summed E-state index contributed by atoms with van der Waals surface area (Å²) in [6.07, 6.45) is 0.884. The molecule has 0 saturated carbocycles. The van der Waals surface area contributed by atoms with Crippen LogP contribution in [0.5, 0.6) is 46.0 Å². The number of anilines is 2. The van der Waals surface area contributed by atoms with Crippen molar-refractivity contribution in [3.8, 4) is 46.0 Å². The Balaban J connectivity index is 0.000000870. The molecule has 7 heterocycles. The van der Waals surface area contributed by atoms with Crippen LogP contribution in [-0.4, -0.2) is 250 Å². The van der Waals surface area contributed by atoms with Crippen molar-refractivity contribution in [1.82, 2.24) is 44.9 Å². The number of thioether (sulfide) groups is 5. The Hall–Kier alpha value is -8.87. The molecular weight excluding hydrogens is 2600 g/mol.